The van der Waals surface area contributed by atoms with Crippen LogP contribution in [0.1, 0.15) is 27.3 Å². The molecule has 6 nitrogen and oxygen atoms in total. The van der Waals surface area contributed by atoms with Crippen molar-refractivity contribution in [1.29, 1.82) is 0 Å². The number of methoxy groups -OCH3 is 1. The van der Waals surface area contributed by atoms with E-state index in [1.807, 2.05) is 30.3 Å². The van der Waals surface area contributed by atoms with E-state index in [-0.39, 0.29) is 5.91 Å². The molecule has 0 bridgehead atoms. The normalized spacial score (nSPS) is 10.8. The molecule has 4 rings (SSSR count). The average Bonchev–Trinajstić information content (AvgIpc) is 3.17. The molecule has 6 heteroatoms. The van der Waals surface area contributed by atoms with Crippen molar-refractivity contribution in [2.75, 3.05) is 13.7 Å². The van der Waals surface area contributed by atoms with E-state index in [4.69, 9.17) is 14.5 Å². The number of amides is 1. The molecule has 0 radical (unpaired) electrons. The van der Waals surface area contributed by atoms with E-state index in [2.05, 4.69) is 35.9 Å². The second-order valence-corrected chi connectivity index (χ2v) is 7.67. The summed E-state index contributed by atoms with van der Waals surface area (Å²) < 4.78 is 13.2. The van der Waals surface area contributed by atoms with Crippen molar-refractivity contribution in [3.63, 3.8) is 0 Å². The van der Waals surface area contributed by atoms with E-state index in [1.54, 1.807) is 31.4 Å². The Bertz CT molecular complexity index is 1230. The van der Waals surface area contributed by atoms with Crippen molar-refractivity contribution in [3.8, 4) is 11.5 Å². The van der Waals surface area contributed by atoms with Crippen molar-refractivity contribution < 1.29 is 14.3 Å². The zero-order valence-corrected chi connectivity index (χ0v) is 18.6. The fourth-order valence-corrected chi connectivity index (χ4v) is 3.57. The van der Waals surface area contributed by atoms with Crippen LogP contribution in [0.25, 0.3) is 11.0 Å². The van der Waals surface area contributed by atoms with Crippen molar-refractivity contribution in [2.24, 2.45) is 0 Å². The number of rotatable bonds is 8. The van der Waals surface area contributed by atoms with Gasteiger partial charge in [-0.25, -0.2) is 4.98 Å². The molecule has 1 amide bonds. The molecular weight excluding hydrogens is 402 g/mol. The highest BCUT2D eigenvalue weighted by atomic mass is 16.5. The molecule has 1 aromatic heterocycles. The number of hydrogen-bond acceptors (Lipinski definition) is 4. The van der Waals surface area contributed by atoms with Gasteiger partial charge in [0, 0.05) is 5.56 Å². The highest BCUT2D eigenvalue weighted by Gasteiger charge is 2.13. The molecule has 0 unspecified atom stereocenters. The van der Waals surface area contributed by atoms with Crippen molar-refractivity contribution in [3.05, 3.63) is 89.2 Å². The number of ether oxygens (including phenoxy) is 2. The number of carbonyl (C=O) groups excluding carboxylic acids is 1. The van der Waals surface area contributed by atoms with Gasteiger partial charge in [0.25, 0.3) is 5.91 Å². The summed E-state index contributed by atoms with van der Waals surface area (Å²) in [5.74, 6) is 2.20. The first kappa shape index (κ1) is 21.4. The van der Waals surface area contributed by atoms with Gasteiger partial charge < -0.3 is 19.4 Å². The molecule has 3 aromatic carbocycles. The molecule has 0 fully saturated rings. The van der Waals surface area contributed by atoms with Gasteiger partial charge in [-0.1, -0.05) is 18.2 Å². The molecular formula is C26H27N3O3. The smallest absolute Gasteiger partial charge is 0.251 e. The van der Waals surface area contributed by atoms with E-state index in [0.29, 0.717) is 31.0 Å². The zero-order chi connectivity index (χ0) is 22.5. The molecule has 164 valence electrons. The van der Waals surface area contributed by atoms with Crippen LogP contribution >= 0.6 is 0 Å². The minimum Gasteiger partial charge on any atom is -0.497 e. The molecule has 0 spiro atoms. The van der Waals surface area contributed by atoms with E-state index in [1.165, 1.54) is 11.1 Å². The molecule has 32 heavy (non-hydrogen) atoms. The molecule has 4 aromatic rings. The fraction of sp³-hybridized carbons (Fsp3) is 0.231. The second-order valence-electron chi connectivity index (χ2n) is 7.67. The molecule has 0 saturated carbocycles. The number of imidazole rings is 1. The number of para-hydroxylation sites is 2. The molecule has 1 heterocycles. The third-order valence-electron chi connectivity index (χ3n) is 5.55. The van der Waals surface area contributed by atoms with Gasteiger partial charge >= 0.3 is 0 Å². The third kappa shape index (κ3) is 4.75. The van der Waals surface area contributed by atoms with Crippen LogP contribution in [0.2, 0.25) is 0 Å². The van der Waals surface area contributed by atoms with Gasteiger partial charge in [0.05, 0.1) is 31.2 Å². The summed E-state index contributed by atoms with van der Waals surface area (Å²) in [7, 11) is 1.60. The first-order chi connectivity index (χ1) is 15.5. The Morgan fingerprint density at radius 3 is 2.47 bits per heavy atom. The number of benzene rings is 3. The van der Waals surface area contributed by atoms with Crippen LogP contribution in [0.3, 0.4) is 0 Å². The van der Waals surface area contributed by atoms with Crippen LogP contribution in [-0.4, -0.2) is 29.2 Å². The number of hydrogen-bond donors (Lipinski definition) is 1. The van der Waals surface area contributed by atoms with Gasteiger partial charge in [-0.05, 0) is 73.5 Å². The quantitative estimate of drug-likeness (QED) is 0.442. The summed E-state index contributed by atoms with van der Waals surface area (Å²) in [5.41, 5.74) is 4.94. The zero-order valence-electron chi connectivity index (χ0n) is 18.6. The Kier molecular flexibility index (Phi) is 6.40. The molecule has 0 aliphatic rings. The van der Waals surface area contributed by atoms with Gasteiger partial charge in [-0.15, -0.1) is 0 Å². The lowest BCUT2D eigenvalue weighted by atomic mass is 10.1. The lowest BCUT2D eigenvalue weighted by Gasteiger charge is -2.12. The van der Waals surface area contributed by atoms with Crippen LogP contribution in [-0.2, 0) is 13.1 Å². The summed E-state index contributed by atoms with van der Waals surface area (Å²) in [6.45, 7) is 5.62. The highest BCUT2D eigenvalue weighted by molar-refractivity contribution is 5.94. The highest BCUT2D eigenvalue weighted by Crippen LogP contribution is 2.19. The molecule has 1 N–H and O–H groups in total. The Morgan fingerprint density at radius 2 is 1.72 bits per heavy atom. The van der Waals surface area contributed by atoms with E-state index >= 15 is 0 Å². The lowest BCUT2D eigenvalue weighted by Crippen LogP contribution is -2.25. The summed E-state index contributed by atoms with van der Waals surface area (Å²) in [5, 5.41) is 2.97. The van der Waals surface area contributed by atoms with Gasteiger partial charge in [0.1, 0.15) is 23.9 Å². The molecule has 0 aliphatic carbocycles. The number of fused-ring (bicyclic) bond motifs is 1. The third-order valence-corrected chi connectivity index (χ3v) is 5.55. The van der Waals surface area contributed by atoms with Gasteiger partial charge in [-0.3, -0.25) is 4.79 Å². The molecule has 0 atom stereocenters. The van der Waals surface area contributed by atoms with Crippen LogP contribution in [0.5, 0.6) is 11.5 Å². The van der Waals surface area contributed by atoms with Gasteiger partial charge in [0.15, 0.2) is 0 Å². The number of aryl methyl sites for hydroxylation is 2. The minimum atomic E-state index is -0.155. The second kappa shape index (κ2) is 9.56. The summed E-state index contributed by atoms with van der Waals surface area (Å²) in [6, 6.07) is 21.1. The van der Waals surface area contributed by atoms with Crippen molar-refractivity contribution >= 4 is 16.9 Å². The first-order valence-electron chi connectivity index (χ1n) is 10.6. The number of aromatic nitrogens is 2. The first-order valence-corrected chi connectivity index (χ1v) is 10.6. The summed E-state index contributed by atoms with van der Waals surface area (Å²) in [4.78, 5) is 17.3. The van der Waals surface area contributed by atoms with E-state index < -0.39 is 0 Å². The summed E-state index contributed by atoms with van der Waals surface area (Å²) in [6.07, 6.45) is 0. The standard InChI is InChI=1S/C26H27N3O3/c1-18-8-11-22(16-19(18)2)32-15-14-29-24-7-5-4-6-23(24)28-25(29)17-27-26(30)20-9-12-21(31-3)13-10-20/h4-13,16H,14-15,17H2,1-3H3,(H,27,30). The van der Waals surface area contributed by atoms with Crippen LogP contribution in [0, 0.1) is 13.8 Å². The van der Waals surface area contributed by atoms with Gasteiger partial charge in [-0.2, -0.15) is 0 Å². The average molecular weight is 430 g/mol. The maximum absolute atomic E-state index is 12.6. The fourth-order valence-electron chi connectivity index (χ4n) is 3.57. The summed E-state index contributed by atoms with van der Waals surface area (Å²) >= 11 is 0. The largest absolute Gasteiger partial charge is 0.497 e. The maximum Gasteiger partial charge on any atom is 0.251 e. The minimum absolute atomic E-state index is 0.155. The number of nitrogens with zero attached hydrogens (tertiary/aromatic N) is 2. The van der Waals surface area contributed by atoms with E-state index in [9.17, 15) is 4.79 Å². The molecule has 0 aliphatic heterocycles. The van der Waals surface area contributed by atoms with E-state index in [0.717, 1.165) is 22.6 Å². The molecule has 0 saturated heterocycles. The predicted molar refractivity (Wildman–Crippen MR) is 125 cm³/mol. The Balaban J connectivity index is 1.46. The Hall–Kier alpha value is -3.80. The number of nitrogens with one attached hydrogen (secondary N) is 1. The number of carbonyl (C=O) groups is 1. The maximum atomic E-state index is 12.6. The SMILES string of the molecule is COc1ccc(C(=O)NCc2nc3ccccc3n2CCOc2ccc(C)c(C)c2)cc1. The van der Waals surface area contributed by atoms with Gasteiger partial charge in [0.2, 0.25) is 0 Å². The monoisotopic (exact) mass is 429 g/mol. The predicted octanol–water partition coefficient (Wildman–Crippen LogP) is 4.67. The van der Waals surface area contributed by atoms with Crippen LogP contribution in [0.15, 0.2) is 66.7 Å². The Labute approximate surface area is 187 Å². The Morgan fingerprint density at radius 1 is 0.969 bits per heavy atom. The van der Waals surface area contributed by atoms with Crippen molar-refractivity contribution in [1.82, 2.24) is 14.9 Å². The van der Waals surface area contributed by atoms with Crippen molar-refractivity contribution in [2.45, 2.75) is 26.9 Å². The lowest BCUT2D eigenvalue weighted by molar-refractivity contribution is 0.0949. The van der Waals surface area contributed by atoms with Crippen LogP contribution in [0.4, 0.5) is 0 Å². The van der Waals surface area contributed by atoms with Crippen LogP contribution < -0.4 is 14.8 Å². The topological polar surface area (TPSA) is 65.4 Å².